The Labute approximate surface area is 193 Å². The highest BCUT2D eigenvalue weighted by Gasteiger charge is 2.26. The Morgan fingerprint density at radius 2 is 1.94 bits per heavy atom. The number of carbonyl (C=O) groups excluding carboxylic acids is 1. The summed E-state index contributed by atoms with van der Waals surface area (Å²) >= 11 is 0. The highest BCUT2D eigenvalue weighted by molar-refractivity contribution is 5.97. The van der Waals surface area contributed by atoms with Crippen LogP contribution in [-0.2, 0) is 16.0 Å². The maximum absolute atomic E-state index is 12.5. The van der Waals surface area contributed by atoms with Gasteiger partial charge in [0, 0.05) is 19.3 Å². The van der Waals surface area contributed by atoms with Gasteiger partial charge in [0.25, 0.3) is 5.91 Å². The van der Waals surface area contributed by atoms with E-state index in [4.69, 9.17) is 4.74 Å². The number of anilines is 2. The van der Waals surface area contributed by atoms with Gasteiger partial charge >= 0.3 is 5.97 Å². The Bertz CT molecular complexity index is 1090. The molecule has 7 nitrogen and oxygen atoms in total. The number of aliphatic carboxylic acids is 1. The summed E-state index contributed by atoms with van der Waals surface area (Å²) in [6.45, 7) is 1.27. The van der Waals surface area contributed by atoms with Gasteiger partial charge in [-0.3, -0.25) is 9.59 Å². The van der Waals surface area contributed by atoms with Crippen molar-refractivity contribution in [1.29, 1.82) is 0 Å². The van der Waals surface area contributed by atoms with Crippen LogP contribution in [0.5, 0.6) is 5.75 Å². The van der Waals surface area contributed by atoms with Gasteiger partial charge in [0.1, 0.15) is 11.6 Å². The SMILES string of the molecule is O=C(O)CC(Cc1ccc2c(c1)OCC(=O)N2CCCNc1ccccn1)c1ccccc1. The standard InChI is InChI=1S/C26H27N3O4/c30-25-18-33-23-16-19(15-21(17-26(31)32)20-7-2-1-3-8-20)10-11-22(23)29(25)14-6-13-28-24-9-4-5-12-27-24/h1-5,7-12,16,21H,6,13-15,17-18H2,(H,27,28)(H,31,32). The van der Waals surface area contributed by atoms with E-state index in [9.17, 15) is 14.7 Å². The molecule has 0 bridgehead atoms. The monoisotopic (exact) mass is 445 g/mol. The van der Waals surface area contributed by atoms with Crippen molar-refractivity contribution < 1.29 is 19.4 Å². The fraction of sp³-hybridized carbons (Fsp3) is 0.269. The van der Waals surface area contributed by atoms with Crippen molar-refractivity contribution in [3.8, 4) is 5.75 Å². The number of pyridine rings is 1. The van der Waals surface area contributed by atoms with E-state index in [-0.39, 0.29) is 24.9 Å². The largest absolute Gasteiger partial charge is 0.482 e. The summed E-state index contributed by atoms with van der Waals surface area (Å²) < 4.78 is 5.72. The smallest absolute Gasteiger partial charge is 0.303 e. The number of carbonyl (C=O) groups is 2. The van der Waals surface area contributed by atoms with Gasteiger partial charge in [-0.2, -0.15) is 0 Å². The summed E-state index contributed by atoms with van der Waals surface area (Å²) in [7, 11) is 0. The third-order valence-corrected chi connectivity index (χ3v) is 5.67. The van der Waals surface area contributed by atoms with Gasteiger partial charge in [0.15, 0.2) is 6.61 Å². The van der Waals surface area contributed by atoms with E-state index in [1.54, 1.807) is 11.1 Å². The van der Waals surface area contributed by atoms with Crippen LogP contribution in [0.3, 0.4) is 0 Å². The highest BCUT2D eigenvalue weighted by Crippen LogP contribution is 2.35. The van der Waals surface area contributed by atoms with Gasteiger partial charge in [-0.1, -0.05) is 42.5 Å². The fourth-order valence-corrected chi connectivity index (χ4v) is 4.07. The average molecular weight is 446 g/mol. The van der Waals surface area contributed by atoms with Gasteiger partial charge in [-0.15, -0.1) is 0 Å². The number of ether oxygens (including phenoxy) is 1. The van der Waals surface area contributed by atoms with E-state index in [0.29, 0.717) is 25.3 Å². The molecule has 33 heavy (non-hydrogen) atoms. The summed E-state index contributed by atoms with van der Waals surface area (Å²) in [5.74, 6) is 0.438. The van der Waals surface area contributed by atoms with Gasteiger partial charge in [0.05, 0.1) is 12.1 Å². The molecule has 170 valence electrons. The van der Waals surface area contributed by atoms with Crippen molar-refractivity contribution in [2.45, 2.75) is 25.2 Å². The number of nitrogens with zero attached hydrogens (tertiary/aromatic N) is 2. The zero-order valence-electron chi connectivity index (χ0n) is 18.3. The predicted octanol–water partition coefficient (Wildman–Crippen LogP) is 4.11. The fourth-order valence-electron chi connectivity index (χ4n) is 4.07. The molecule has 0 saturated carbocycles. The number of benzene rings is 2. The Morgan fingerprint density at radius 1 is 1.12 bits per heavy atom. The number of rotatable bonds is 10. The molecule has 0 radical (unpaired) electrons. The molecule has 1 aliphatic heterocycles. The first kappa shape index (κ1) is 22.3. The number of aromatic nitrogens is 1. The number of amides is 1. The van der Waals surface area contributed by atoms with E-state index in [1.807, 2.05) is 66.7 Å². The molecule has 0 fully saturated rings. The highest BCUT2D eigenvalue weighted by atomic mass is 16.5. The van der Waals surface area contributed by atoms with Gasteiger partial charge in [-0.25, -0.2) is 4.98 Å². The molecular formula is C26H27N3O4. The van der Waals surface area contributed by atoms with Crippen LogP contribution in [0.2, 0.25) is 0 Å². The molecule has 4 rings (SSSR count). The predicted molar refractivity (Wildman–Crippen MR) is 127 cm³/mol. The zero-order valence-corrected chi connectivity index (χ0v) is 18.3. The Kier molecular flexibility index (Phi) is 7.19. The van der Waals surface area contributed by atoms with Crippen molar-refractivity contribution in [3.63, 3.8) is 0 Å². The molecular weight excluding hydrogens is 418 g/mol. The maximum Gasteiger partial charge on any atom is 0.303 e. The number of nitrogens with one attached hydrogen (secondary N) is 1. The number of carboxylic acids is 1. The lowest BCUT2D eigenvalue weighted by Gasteiger charge is -2.30. The minimum Gasteiger partial charge on any atom is -0.482 e. The number of hydrogen-bond acceptors (Lipinski definition) is 5. The number of carboxylic acid groups (broad SMARTS) is 1. The third kappa shape index (κ3) is 5.88. The second kappa shape index (κ2) is 10.6. The third-order valence-electron chi connectivity index (χ3n) is 5.67. The number of hydrogen-bond donors (Lipinski definition) is 2. The maximum atomic E-state index is 12.5. The average Bonchev–Trinajstić information content (AvgIpc) is 2.83. The molecule has 2 aromatic carbocycles. The quantitative estimate of drug-likeness (QED) is 0.457. The molecule has 3 aromatic rings. The van der Waals surface area contributed by atoms with Crippen molar-refractivity contribution in [1.82, 2.24) is 4.98 Å². The molecule has 0 spiro atoms. The van der Waals surface area contributed by atoms with Crippen LogP contribution in [0.4, 0.5) is 11.5 Å². The van der Waals surface area contributed by atoms with Crippen molar-refractivity contribution >= 4 is 23.4 Å². The van der Waals surface area contributed by atoms with Crippen LogP contribution in [0.1, 0.15) is 29.9 Å². The van der Waals surface area contributed by atoms with Crippen molar-refractivity contribution in [2.75, 3.05) is 29.9 Å². The minimum absolute atomic E-state index is 0.00135. The van der Waals surface area contributed by atoms with E-state index < -0.39 is 5.97 Å². The van der Waals surface area contributed by atoms with Crippen LogP contribution in [0.25, 0.3) is 0 Å². The van der Waals surface area contributed by atoms with Crippen LogP contribution < -0.4 is 15.0 Å². The molecule has 2 heterocycles. The first-order chi connectivity index (χ1) is 16.1. The van der Waals surface area contributed by atoms with Crippen molar-refractivity contribution in [3.05, 3.63) is 84.1 Å². The van der Waals surface area contributed by atoms with Crippen LogP contribution >= 0.6 is 0 Å². The molecule has 1 aliphatic rings. The lowest BCUT2D eigenvalue weighted by molar-refractivity contribution is -0.137. The second-order valence-corrected chi connectivity index (χ2v) is 8.04. The first-order valence-corrected chi connectivity index (χ1v) is 11.1. The van der Waals surface area contributed by atoms with E-state index in [0.717, 1.165) is 29.1 Å². The van der Waals surface area contributed by atoms with Crippen LogP contribution in [0, 0.1) is 0 Å². The molecule has 1 amide bonds. The number of fused-ring (bicyclic) bond motifs is 1. The zero-order chi connectivity index (χ0) is 23.0. The lowest BCUT2D eigenvalue weighted by atomic mass is 9.89. The topological polar surface area (TPSA) is 91.8 Å². The first-order valence-electron chi connectivity index (χ1n) is 11.1. The summed E-state index contributed by atoms with van der Waals surface area (Å²) in [5, 5.41) is 12.6. The Morgan fingerprint density at radius 3 is 2.70 bits per heavy atom. The van der Waals surface area contributed by atoms with Gasteiger partial charge in [0.2, 0.25) is 0 Å². The van der Waals surface area contributed by atoms with Crippen LogP contribution in [0.15, 0.2) is 72.9 Å². The Balaban J connectivity index is 1.43. The normalized spacial score (nSPS) is 13.7. The van der Waals surface area contributed by atoms with Crippen molar-refractivity contribution in [2.24, 2.45) is 0 Å². The molecule has 1 unspecified atom stereocenters. The van der Waals surface area contributed by atoms with E-state index >= 15 is 0 Å². The summed E-state index contributed by atoms with van der Waals surface area (Å²) in [4.78, 5) is 29.9. The van der Waals surface area contributed by atoms with E-state index in [1.165, 1.54) is 0 Å². The van der Waals surface area contributed by atoms with Gasteiger partial charge < -0.3 is 20.1 Å². The van der Waals surface area contributed by atoms with E-state index in [2.05, 4.69) is 10.3 Å². The molecule has 2 N–H and O–H groups in total. The second-order valence-electron chi connectivity index (χ2n) is 8.04. The summed E-state index contributed by atoms with van der Waals surface area (Å²) in [6.07, 6.45) is 3.13. The minimum atomic E-state index is -0.825. The van der Waals surface area contributed by atoms with Gasteiger partial charge in [-0.05, 0) is 54.2 Å². The summed E-state index contributed by atoms with van der Waals surface area (Å²) in [5.41, 5.74) is 2.73. The lowest BCUT2D eigenvalue weighted by Crippen LogP contribution is -2.40. The van der Waals surface area contributed by atoms with Crippen LogP contribution in [-0.4, -0.2) is 41.7 Å². The molecule has 7 heteroatoms. The molecule has 1 atom stereocenters. The Hall–Kier alpha value is -3.87. The molecule has 0 saturated heterocycles. The molecule has 0 aliphatic carbocycles. The molecule has 1 aromatic heterocycles. The summed E-state index contributed by atoms with van der Waals surface area (Å²) in [6, 6.07) is 21.2.